The van der Waals surface area contributed by atoms with E-state index in [4.69, 9.17) is 11.2 Å². The fraction of sp³-hybridized carbons (Fsp3) is 0.286. The number of rotatable bonds is 5. The van der Waals surface area contributed by atoms with Crippen LogP contribution in [-0.2, 0) is 6.42 Å². The lowest BCUT2D eigenvalue weighted by atomic mass is 10.0. The molecule has 0 atom stereocenters. The summed E-state index contributed by atoms with van der Waals surface area (Å²) < 4.78 is 5.76. The lowest BCUT2D eigenvalue weighted by Crippen LogP contribution is -1.99. The van der Waals surface area contributed by atoms with E-state index in [0.29, 0.717) is 13.0 Å². The monoisotopic (exact) mass is 322 g/mol. The summed E-state index contributed by atoms with van der Waals surface area (Å²) in [6.45, 7) is 6.69. The van der Waals surface area contributed by atoms with Gasteiger partial charge in [-0.3, -0.25) is 0 Å². The second-order valence-corrected chi connectivity index (χ2v) is 5.11. The zero-order valence-corrected chi connectivity index (χ0v) is 14.6. The molecular formula is C21H26N2O. The number of nitrogens with one attached hydrogen (secondary N) is 1. The van der Waals surface area contributed by atoms with E-state index in [9.17, 15) is 0 Å². The molecule has 0 aliphatic carbocycles. The molecule has 0 amide bonds. The van der Waals surface area contributed by atoms with Gasteiger partial charge in [-0.2, -0.15) is 0 Å². The van der Waals surface area contributed by atoms with E-state index in [1.54, 1.807) is 6.33 Å². The molecule has 3 heteroatoms. The third-order valence-electron chi connectivity index (χ3n) is 3.70. The number of ether oxygens (including phenoxy) is 1. The molecule has 0 saturated heterocycles. The minimum absolute atomic E-state index is 0. The van der Waals surface area contributed by atoms with Gasteiger partial charge in [0.15, 0.2) is 0 Å². The molecule has 2 aromatic carbocycles. The zero-order chi connectivity index (χ0) is 17.4. The van der Waals surface area contributed by atoms with Crippen molar-refractivity contribution >= 4 is 11.0 Å². The first-order valence-electron chi connectivity index (χ1n) is 8.44. The largest absolute Gasteiger partial charge is 0.492 e. The number of aromatic nitrogens is 2. The lowest BCUT2D eigenvalue weighted by Gasteiger charge is -2.11. The minimum Gasteiger partial charge on any atom is -0.492 e. The van der Waals surface area contributed by atoms with Crippen molar-refractivity contribution < 1.29 is 6.16 Å². The standard InChI is InChI=1S/C19H18N2O.C2H6.H2/c1-3-5-10-22-19-9-7-15(11-14(19)4-2)16-6-8-17-18(12-16)21-13-20-17;1-2;/h1,6-9,11-13H,4-5,10H2,2H3,(H,20,21);1-2H3;1H. The van der Waals surface area contributed by atoms with Crippen molar-refractivity contribution in [3.8, 4) is 29.2 Å². The number of terminal acetylenes is 1. The van der Waals surface area contributed by atoms with Crippen LogP contribution in [0.5, 0.6) is 5.75 Å². The SMILES string of the molecule is C#CCCOc1ccc(-c2ccc3nc[nH]c3c2)cc1CC.CC.[HH]. The topological polar surface area (TPSA) is 37.9 Å². The highest BCUT2D eigenvalue weighted by Crippen LogP contribution is 2.28. The van der Waals surface area contributed by atoms with Crippen LogP contribution in [0.15, 0.2) is 42.7 Å². The Morgan fingerprint density at radius 2 is 1.92 bits per heavy atom. The number of imidazole rings is 1. The van der Waals surface area contributed by atoms with Crippen LogP contribution in [0, 0.1) is 12.3 Å². The number of hydrogen-bond donors (Lipinski definition) is 1. The molecule has 0 saturated carbocycles. The quantitative estimate of drug-likeness (QED) is 0.500. The molecule has 126 valence electrons. The molecule has 1 N–H and O–H groups in total. The third-order valence-corrected chi connectivity index (χ3v) is 3.70. The Labute approximate surface area is 145 Å². The summed E-state index contributed by atoms with van der Waals surface area (Å²) in [4.78, 5) is 7.40. The van der Waals surface area contributed by atoms with Crippen LogP contribution in [0.2, 0.25) is 0 Å². The number of benzene rings is 2. The highest BCUT2D eigenvalue weighted by molar-refractivity contribution is 5.81. The lowest BCUT2D eigenvalue weighted by molar-refractivity contribution is 0.324. The number of H-pyrrole nitrogens is 1. The Balaban J connectivity index is 0.00000101. The van der Waals surface area contributed by atoms with Crippen LogP contribution in [0.25, 0.3) is 22.2 Å². The summed E-state index contributed by atoms with van der Waals surface area (Å²) in [5, 5.41) is 0. The third kappa shape index (κ3) is 3.97. The number of hydrogen-bond acceptors (Lipinski definition) is 2. The van der Waals surface area contributed by atoms with E-state index in [1.165, 1.54) is 16.7 Å². The molecule has 0 fully saturated rings. The molecule has 0 aliphatic rings. The van der Waals surface area contributed by atoms with Gasteiger partial charge in [0.05, 0.1) is 24.0 Å². The summed E-state index contributed by atoms with van der Waals surface area (Å²) >= 11 is 0. The molecule has 24 heavy (non-hydrogen) atoms. The number of fused-ring (bicyclic) bond motifs is 1. The second-order valence-electron chi connectivity index (χ2n) is 5.11. The van der Waals surface area contributed by atoms with Crippen molar-refractivity contribution in [3.63, 3.8) is 0 Å². The molecule has 0 spiro atoms. The Bertz CT molecular complexity index is 833. The molecule has 0 bridgehead atoms. The molecule has 0 radical (unpaired) electrons. The van der Waals surface area contributed by atoms with E-state index >= 15 is 0 Å². The summed E-state index contributed by atoms with van der Waals surface area (Å²) in [5.74, 6) is 3.51. The van der Waals surface area contributed by atoms with E-state index < -0.39 is 0 Å². The van der Waals surface area contributed by atoms with Crippen LogP contribution in [0.1, 0.15) is 34.2 Å². The predicted molar refractivity (Wildman–Crippen MR) is 103 cm³/mol. The molecule has 3 rings (SSSR count). The highest BCUT2D eigenvalue weighted by Gasteiger charge is 2.06. The maximum atomic E-state index is 5.76. The van der Waals surface area contributed by atoms with Crippen LogP contribution in [-0.4, -0.2) is 16.6 Å². The normalized spacial score (nSPS) is 9.92. The Morgan fingerprint density at radius 3 is 2.67 bits per heavy atom. The number of aromatic amines is 1. The van der Waals surface area contributed by atoms with Crippen molar-refractivity contribution in [2.45, 2.75) is 33.6 Å². The van der Waals surface area contributed by atoms with E-state index in [0.717, 1.165) is 23.2 Å². The van der Waals surface area contributed by atoms with Gasteiger partial charge >= 0.3 is 0 Å². The van der Waals surface area contributed by atoms with E-state index in [1.807, 2.05) is 26.0 Å². The molecule has 3 aromatic rings. The summed E-state index contributed by atoms with van der Waals surface area (Å²) in [6, 6.07) is 12.5. The molecule has 3 nitrogen and oxygen atoms in total. The van der Waals surface area contributed by atoms with Gasteiger partial charge < -0.3 is 9.72 Å². The Morgan fingerprint density at radius 1 is 1.17 bits per heavy atom. The van der Waals surface area contributed by atoms with Crippen molar-refractivity contribution in [1.82, 2.24) is 9.97 Å². The Hall–Kier alpha value is -2.73. The van der Waals surface area contributed by atoms with Gasteiger partial charge in [-0.15, -0.1) is 12.3 Å². The zero-order valence-electron chi connectivity index (χ0n) is 14.6. The number of aryl methyl sites for hydroxylation is 1. The molecule has 1 aromatic heterocycles. The first-order chi connectivity index (χ1) is 11.8. The van der Waals surface area contributed by atoms with E-state index in [2.05, 4.69) is 47.1 Å². The van der Waals surface area contributed by atoms with Gasteiger partial charge in [-0.1, -0.05) is 32.9 Å². The van der Waals surface area contributed by atoms with Crippen molar-refractivity contribution in [2.75, 3.05) is 6.61 Å². The fourth-order valence-corrected chi connectivity index (χ4v) is 2.51. The maximum absolute atomic E-state index is 5.76. The van der Waals surface area contributed by atoms with Gasteiger partial charge in [-0.05, 0) is 47.4 Å². The van der Waals surface area contributed by atoms with Crippen molar-refractivity contribution in [2.24, 2.45) is 0 Å². The highest BCUT2D eigenvalue weighted by atomic mass is 16.5. The van der Waals surface area contributed by atoms with Crippen molar-refractivity contribution in [1.29, 1.82) is 0 Å². The average molecular weight is 322 g/mol. The van der Waals surface area contributed by atoms with Gasteiger partial charge in [-0.25, -0.2) is 4.98 Å². The van der Waals surface area contributed by atoms with Gasteiger partial charge in [0.2, 0.25) is 0 Å². The molecule has 0 aliphatic heterocycles. The van der Waals surface area contributed by atoms with Crippen molar-refractivity contribution in [3.05, 3.63) is 48.3 Å². The first-order valence-corrected chi connectivity index (χ1v) is 8.44. The molecule has 1 heterocycles. The smallest absolute Gasteiger partial charge is 0.122 e. The maximum Gasteiger partial charge on any atom is 0.122 e. The minimum atomic E-state index is 0. The van der Waals surface area contributed by atoms with E-state index in [-0.39, 0.29) is 1.43 Å². The first kappa shape index (κ1) is 17.6. The predicted octanol–water partition coefficient (Wildman–Crippen LogP) is 5.47. The summed E-state index contributed by atoms with van der Waals surface area (Å²) in [6.07, 6.45) is 8.53. The van der Waals surface area contributed by atoms with Crippen LogP contribution in [0.3, 0.4) is 0 Å². The molecular weight excluding hydrogens is 296 g/mol. The fourth-order valence-electron chi connectivity index (χ4n) is 2.51. The van der Waals surface area contributed by atoms with Crippen LogP contribution in [0.4, 0.5) is 0 Å². The van der Waals surface area contributed by atoms with Gasteiger partial charge in [0.25, 0.3) is 0 Å². The van der Waals surface area contributed by atoms with Gasteiger partial charge in [0, 0.05) is 7.85 Å². The second kappa shape index (κ2) is 8.79. The summed E-state index contributed by atoms with van der Waals surface area (Å²) in [7, 11) is 0. The Kier molecular flexibility index (Phi) is 6.45. The average Bonchev–Trinajstić information content (AvgIpc) is 3.11. The number of nitrogens with zero attached hydrogens (tertiary/aromatic N) is 1. The summed E-state index contributed by atoms with van der Waals surface area (Å²) in [5.41, 5.74) is 5.57. The van der Waals surface area contributed by atoms with Gasteiger partial charge in [0.1, 0.15) is 5.75 Å². The molecule has 0 unspecified atom stereocenters. The van der Waals surface area contributed by atoms with Crippen LogP contribution >= 0.6 is 0 Å². The van der Waals surface area contributed by atoms with Crippen LogP contribution < -0.4 is 4.74 Å².